The SMILES string of the molecule is Cc1ccc2c(c1)CC(CNCCC1CCC(C)CC1)O2. The van der Waals surface area contributed by atoms with Crippen molar-refractivity contribution in [1.82, 2.24) is 5.32 Å². The fourth-order valence-electron chi connectivity index (χ4n) is 3.75. The maximum absolute atomic E-state index is 6.01. The molecular formula is C19H29NO. The molecule has 1 aromatic rings. The lowest BCUT2D eigenvalue weighted by molar-refractivity contribution is 0.222. The Morgan fingerprint density at radius 2 is 2.00 bits per heavy atom. The number of hydrogen-bond donors (Lipinski definition) is 1. The highest BCUT2D eigenvalue weighted by atomic mass is 16.5. The average Bonchev–Trinajstić information content (AvgIpc) is 2.87. The van der Waals surface area contributed by atoms with E-state index < -0.39 is 0 Å². The van der Waals surface area contributed by atoms with Crippen molar-refractivity contribution in [1.29, 1.82) is 0 Å². The largest absolute Gasteiger partial charge is 0.488 e. The first kappa shape index (κ1) is 14.9. The van der Waals surface area contributed by atoms with Crippen LogP contribution in [-0.4, -0.2) is 19.2 Å². The molecule has 1 aromatic carbocycles. The maximum Gasteiger partial charge on any atom is 0.123 e. The molecule has 3 rings (SSSR count). The quantitative estimate of drug-likeness (QED) is 0.823. The van der Waals surface area contributed by atoms with Gasteiger partial charge < -0.3 is 10.1 Å². The van der Waals surface area contributed by atoms with Gasteiger partial charge in [-0.25, -0.2) is 0 Å². The van der Waals surface area contributed by atoms with Crippen LogP contribution in [0, 0.1) is 18.8 Å². The third kappa shape index (κ3) is 4.00. The van der Waals surface area contributed by atoms with E-state index >= 15 is 0 Å². The van der Waals surface area contributed by atoms with Crippen molar-refractivity contribution in [3.63, 3.8) is 0 Å². The number of fused-ring (bicyclic) bond motifs is 1. The molecule has 21 heavy (non-hydrogen) atoms. The summed E-state index contributed by atoms with van der Waals surface area (Å²) in [6.07, 6.45) is 8.47. The van der Waals surface area contributed by atoms with Gasteiger partial charge in [-0.3, -0.25) is 0 Å². The molecule has 0 bridgehead atoms. The van der Waals surface area contributed by atoms with Crippen LogP contribution >= 0.6 is 0 Å². The van der Waals surface area contributed by atoms with Crippen LogP contribution in [0.1, 0.15) is 50.2 Å². The smallest absolute Gasteiger partial charge is 0.123 e. The van der Waals surface area contributed by atoms with Gasteiger partial charge in [-0.15, -0.1) is 0 Å². The Bertz CT molecular complexity index is 463. The van der Waals surface area contributed by atoms with Gasteiger partial charge >= 0.3 is 0 Å². The van der Waals surface area contributed by atoms with Crippen molar-refractivity contribution in [2.45, 2.75) is 58.5 Å². The maximum atomic E-state index is 6.01. The van der Waals surface area contributed by atoms with Gasteiger partial charge in [0, 0.05) is 13.0 Å². The van der Waals surface area contributed by atoms with E-state index in [1.807, 2.05) is 0 Å². The first-order chi connectivity index (χ1) is 10.2. The minimum atomic E-state index is 0.327. The topological polar surface area (TPSA) is 21.3 Å². The second-order valence-corrected chi connectivity index (χ2v) is 7.17. The van der Waals surface area contributed by atoms with E-state index in [0.717, 1.165) is 37.1 Å². The second-order valence-electron chi connectivity index (χ2n) is 7.17. The predicted molar refractivity (Wildman–Crippen MR) is 87.9 cm³/mol. The van der Waals surface area contributed by atoms with Crippen molar-refractivity contribution >= 4 is 0 Å². The molecule has 116 valence electrons. The van der Waals surface area contributed by atoms with Crippen LogP contribution in [0.3, 0.4) is 0 Å². The van der Waals surface area contributed by atoms with Gasteiger partial charge in [0.15, 0.2) is 0 Å². The summed E-state index contributed by atoms with van der Waals surface area (Å²) < 4.78 is 6.01. The first-order valence-corrected chi connectivity index (χ1v) is 8.67. The summed E-state index contributed by atoms with van der Waals surface area (Å²) in [6, 6.07) is 6.52. The number of nitrogens with one attached hydrogen (secondary N) is 1. The number of benzene rings is 1. The lowest BCUT2D eigenvalue weighted by Crippen LogP contribution is -2.31. The van der Waals surface area contributed by atoms with Gasteiger partial charge in [0.1, 0.15) is 11.9 Å². The Balaban J connectivity index is 1.34. The fraction of sp³-hybridized carbons (Fsp3) is 0.684. The number of rotatable bonds is 5. The van der Waals surface area contributed by atoms with Crippen molar-refractivity contribution in [3.05, 3.63) is 29.3 Å². The molecule has 1 atom stereocenters. The Morgan fingerprint density at radius 1 is 1.19 bits per heavy atom. The van der Waals surface area contributed by atoms with Gasteiger partial charge in [0.25, 0.3) is 0 Å². The zero-order valence-electron chi connectivity index (χ0n) is 13.5. The minimum absolute atomic E-state index is 0.327. The Kier molecular flexibility index (Phi) is 4.84. The van der Waals surface area contributed by atoms with Crippen LogP contribution in [0.4, 0.5) is 0 Å². The van der Waals surface area contributed by atoms with E-state index in [9.17, 15) is 0 Å². The summed E-state index contributed by atoms with van der Waals surface area (Å²) >= 11 is 0. The molecule has 1 aliphatic heterocycles. The van der Waals surface area contributed by atoms with Crippen molar-refractivity contribution in [3.8, 4) is 5.75 Å². The van der Waals surface area contributed by atoms with Crippen molar-refractivity contribution in [2.75, 3.05) is 13.1 Å². The van der Waals surface area contributed by atoms with E-state index in [1.165, 1.54) is 43.2 Å². The third-order valence-corrected chi connectivity index (χ3v) is 5.19. The van der Waals surface area contributed by atoms with Gasteiger partial charge in [-0.05, 0) is 43.4 Å². The Morgan fingerprint density at radius 3 is 2.81 bits per heavy atom. The molecule has 0 aromatic heterocycles. The molecule has 1 heterocycles. The highest BCUT2D eigenvalue weighted by Gasteiger charge is 2.22. The van der Waals surface area contributed by atoms with E-state index in [2.05, 4.69) is 37.4 Å². The second kappa shape index (κ2) is 6.83. The molecule has 1 fully saturated rings. The molecule has 1 unspecified atom stereocenters. The summed E-state index contributed by atoms with van der Waals surface area (Å²) in [5.74, 6) is 3.01. The number of aryl methyl sites for hydroxylation is 1. The summed E-state index contributed by atoms with van der Waals surface area (Å²) in [5, 5.41) is 3.61. The van der Waals surface area contributed by atoms with Crippen molar-refractivity contribution < 1.29 is 4.74 Å². The Hall–Kier alpha value is -1.02. The molecule has 2 heteroatoms. The van der Waals surface area contributed by atoms with Crippen LogP contribution in [0.2, 0.25) is 0 Å². The minimum Gasteiger partial charge on any atom is -0.488 e. The molecule has 2 nitrogen and oxygen atoms in total. The van der Waals surface area contributed by atoms with Crippen LogP contribution in [0.25, 0.3) is 0 Å². The third-order valence-electron chi connectivity index (χ3n) is 5.19. The molecular weight excluding hydrogens is 258 g/mol. The van der Waals surface area contributed by atoms with E-state index in [-0.39, 0.29) is 0 Å². The highest BCUT2D eigenvalue weighted by molar-refractivity contribution is 5.40. The zero-order chi connectivity index (χ0) is 14.7. The van der Waals surface area contributed by atoms with E-state index in [1.54, 1.807) is 0 Å². The summed E-state index contributed by atoms with van der Waals surface area (Å²) in [5.41, 5.74) is 2.71. The summed E-state index contributed by atoms with van der Waals surface area (Å²) in [6.45, 7) is 6.67. The molecule has 0 spiro atoms. The van der Waals surface area contributed by atoms with Crippen LogP contribution in [0.5, 0.6) is 5.75 Å². The highest BCUT2D eigenvalue weighted by Crippen LogP contribution is 2.30. The van der Waals surface area contributed by atoms with Crippen molar-refractivity contribution in [2.24, 2.45) is 11.8 Å². The summed E-state index contributed by atoms with van der Waals surface area (Å²) in [7, 11) is 0. The monoisotopic (exact) mass is 287 g/mol. The molecule has 1 saturated carbocycles. The normalized spacial score (nSPS) is 28.2. The molecule has 0 saturated heterocycles. The first-order valence-electron chi connectivity index (χ1n) is 8.67. The molecule has 2 aliphatic rings. The van der Waals surface area contributed by atoms with Crippen LogP contribution < -0.4 is 10.1 Å². The summed E-state index contributed by atoms with van der Waals surface area (Å²) in [4.78, 5) is 0. The zero-order valence-corrected chi connectivity index (χ0v) is 13.5. The van der Waals surface area contributed by atoms with Crippen LogP contribution in [-0.2, 0) is 6.42 Å². The number of hydrogen-bond acceptors (Lipinski definition) is 2. The van der Waals surface area contributed by atoms with Gasteiger partial charge in [-0.1, -0.05) is 50.3 Å². The molecule has 0 radical (unpaired) electrons. The van der Waals surface area contributed by atoms with Gasteiger partial charge in [-0.2, -0.15) is 0 Å². The van der Waals surface area contributed by atoms with E-state index in [4.69, 9.17) is 4.74 Å². The molecule has 1 aliphatic carbocycles. The van der Waals surface area contributed by atoms with Gasteiger partial charge in [0.05, 0.1) is 0 Å². The molecule has 1 N–H and O–H groups in total. The van der Waals surface area contributed by atoms with Gasteiger partial charge in [0.2, 0.25) is 0 Å². The average molecular weight is 287 g/mol. The standard InChI is InChI=1S/C19H29NO/c1-14-3-6-16(7-4-14)9-10-20-13-18-12-17-11-15(2)5-8-19(17)21-18/h5,8,11,14,16,18,20H,3-4,6-7,9-10,12-13H2,1-2H3. The predicted octanol–water partition coefficient (Wildman–Crippen LogP) is 4.10. The fourth-order valence-corrected chi connectivity index (χ4v) is 3.75. The van der Waals surface area contributed by atoms with Crippen LogP contribution in [0.15, 0.2) is 18.2 Å². The van der Waals surface area contributed by atoms with E-state index in [0.29, 0.717) is 6.10 Å². The number of ether oxygens (including phenoxy) is 1. The lowest BCUT2D eigenvalue weighted by Gasteiger charge is -2.26. The lowest BCUT2D eigenvalue weighted by atomic mass is 9.81. The molecule has 0 amide bonds. The Labute approximate surface area is 129 Å².